The molecule has 1 amide bonds. The maximum absolute atomic E-state index is 12.3. The summed E-state index contributed by atoms with van der Waals surface area (Å²) in [6, 6.07) is -0.751. The Kier molecular flexibility index (Phi) is 9.92. The topological polar surface area (TPSA) is 101 Å². The largest absolute Gasteiger partial charge is 0.458 e. The molecule has 0 unspecified atom stereocenters. The van der Waals surface area contributed by atoms with E-state index in [0.717, 1.165) is 5.75 Å². The zero-order valence-electron chi connectivity index (χ0n) is 16.4. The van der Waals surface area contributed by atoms with Gasteiger partial charge in [0.2, 0.25) is 0 Å². The molecule has 0 saturated heterocycles. The van der Waals surface area contributed by atoms with Crippen molar-refractivity contribution in [2.45, 2.75) is 72.1 Å². The van der Waals surface area contributed by atoms with Crippen LogP contribution in [0.15, 0.2) is 0 Å². The molecule has 0 aromatic carbocycles. The van der Waals surface area contributed by atoms with Gasteiger partial charge in [0.15, 0.2) is 0 Å². The van der Waals surface area contributed by atoms with Crippen molar-refractivity contribution in [2.24, 2.45) is 0 Å². The highest BCUT2D eigenvalue weighted by atomic mass is 32.2. The monoisotopic (exact) mass is 375 g/mol. The summed E-state index contributed by atoms with van der Waals surface area (Å²) in [4.78, 5) is 24.3. The first-order chi connectivity index (χ1) is 11.3. The van der Waals surface area contributed by atoms with Crippen molar-refractivity contribution < 1.29 is 19.1 Å². The zero-order chi connectivity index (χ0) is 19.7. The number of amidine groups is 1. The van der Waals surface area contributed by atoms with Crippen LogP contribution < -0.4 is 10.6 Å². The second kappa shape index (κ2) is 10.5. The van der Waals surface area contributed by atoms with Crippen molar-refractivity contribution in [2.75, 3.05) is 18.1 Å². The normalized spacial score (nSPS) is 12.9. The molecule has 3 N–H and O–H groups in total. The zero-order valence-corrected chi connectivity index (χ0v) is 17.3. The Morgan fingerprint density at radius 1 is 1.04 bits per heavy atom. The van der Waals surface area contributed by atoms with Crippen LogP contribution in [0.1, 0.15) is 54.9 Å². The Morgan fingerprint density at radius 3 is 2.08 bits per heavy atom. The Labute approximate surface area is 155 Å². The van der Waals surface area contributed by atoms with Crippen LogP contribution in [-0.2, 0) is 14.3 Å². The van der Waals surface area contributed by atoms with E-state index in [1.54, 1.807) is 60.2 Å². The number of thioether (sulfide) groups is 1. The van der Waals surface area contributed by atoms with E-state index in [1.807, 2.05) is 0 Å². The lowest BCUT2D eigenvalue weighted by Crippen LogP contribution is -2.46. The number of rotatable bonds is 8. The predicted molar refractivity (Wildman–Crippen MR) is 102 cm³/mol. The molecule has 0 heterocycles. The number of carbonyl (C=O) groups is 2. The van der Waals surface area contributed by atoms with Crippen LogP contribution >= 0.6 is 11.8 Å². The van der Waals surface area contributed by atoms with Gasteiger partial charge < -0.3 is 20.1 Å². The fraction of sp³-hybridized carbons (Fsp3) is 0.824. The molecule has 146 valence electrons. The molecule has 0 radical (unpaired) electrons. The highest BCUT2D eigenvalue weighted by Crippen LogP contribution is 2.13. The van der Waals surface area contributed by atoms with E-state index in [0.29, 0.717) is 24.6 Å². The summed E-state index contributed by atoms with van der Waals surface area (Å²) < 4.78 is 10.6. The van der Waals surface area contributed by atoms with Crippen molar-refractivity contribution >= 4 is 29.7 Å². The maximum atomic E-state index is 12.3. The van der Waals surface area contributed by atoms with Crippen molar-refractivity contribution in [3.05, 3.63) is 0 Å². The van der Waals surface area contributed by atoms with Crippen molar-refractivity contribution in [3.63, 3.8) is 0 Å². The second-order valence-electron chi connectivity index (χ2n) is 7.69. The predicted octanol–water partition coefficient (Wildman–Crippen LogP) is 2.93. The summed E-state index contributed by atoms with van der Waals surface area (Å²) in [5.74, 6) is 1.45. The fourth-order valence-electron chi connectivity index (χ4n) is 1.69. The summed E-state index contributed by atoms with van der Waals surface area (Å²) in [7, 11) is 0. The number of hydrogen-bond donors (Lipinski definition) is 3. The second-order valence-corrected chi connectivity index (χ2v) is 8.91. The molecule has 0 aliphatic heterocycles. The van der Waals surface area contributed by atoms with Gasteiger partial charge in [0.25, 0.3) is 0 Å². The first-order valence-corrected chi connectivity index (χ1v) is 9.55. The molecular weight excluding hydrogens is 342 g/mol. The number of alkyl carbamates (subject to hydrolysis) is 1. The molecule has 8 heteroatoms. The standard InChI is InChI=1S/C17H33N3O4S/c1-12(18)19-9-11-25-10-8-13(14(21)23-16(2,3)4)20-15(22)24-17(5,6)7/h13H,8-11H2,1-7H3,(H2,18,19)(H,20,22)/t13-/m0/s1. The molecule has 0 spiro atoms. The van der Waals surface area contributed by atoms with Crippen molar-refractivity contribution in [1.82, 2.24) is 10.6 Å². The molecule has 0 aromatic rings. The fourth-order valence-corrected chi connectivity index (χ4v) is 2.54. The smallest absolute Gasteiger partial charge is 0.408 e. The lowest BCUT2D eigenvalue weighted by molar-refractivity contribution is -0.157. The third-order valence-electron chi connectivity index (χ3n) is 2.57. The number of carbonyl (C=O) groups excluding carboxylic acids is 2. The Bertz CT molecular complexity index is 456. The van der Waals surface area contributed by atoms with Gasteiger partial charge in [-0.2, -0.15) is 11.8 Å². The van der Waals surface area contributed by atoms with E-state index in [9.17, 15) is 9.59 Å². The van der Waals surface area contributed by atoms with E-state index in [4.69, 9.17) is 14.9 Å². The van der Waals surface area contributed by atoms with Crippen LogP contribution in [0.3, 0.4) is 0 Å². The molecule has 0 fully saturated rings. The molecule has 7 nitrogen and oxygen atoms in total. The van der Waals surface area contributed by atoms with Gasteiger partial charge in [-0.05, 0) is 60.6 Å². The van der Waals surface area contributed by atoms with Gasteiger partial charge in [-0.3, -0.25) is 5.41 Å². The Balaban J connectivity index is 4.55. The van der Waals surface area contributed by atoms with Crippen LogP contribution in [0.25, 0.3) is 0 Å². The minimum atomic E-state index is -0.751. The average Bonchev–Trinajstić information content (AvgIpc) is 2.36. The Morgan fingerprint density at radius 2 is 1.60 bits per heavy atom. The van der Waals surface area contributed by atoms with Crippen LogP contribution in [-0.4, -0.2) is 53.2 Å². The van der Waals surface area contributed by atoms with Crippen molar-refractivity contribution in [3.8, 4) is 0 Å². The highest BCUT2D eigenvalue weighted by Gasteiger charge is 2.28. The first-order valence-electron chi connectivity index (χ1n) is 8.39. The SMILES string of the molecule is CC(=N)NCCSCC[C@H](NC(=O)OC(C)(C)C)C(=O)OC(C)(C)C. The summed E-state index contributed by atoms with van der Waals surface area (Å²) in [5, 5.41) is 12.8. The molecule has 0 aliphatic carbocycles. The molecule has 0 aliphatic rings. The van der Waals surface area contributed by atoms with Crippen molar-refractivity contribution in [1.29, 1.82) is 5.41 Å². The first kappa shape index (κ1) is 23.6. The highest BCUT2D eigenvalue weighted by molar-refractivity contribution is 7.99. The quantitative estimate of drug-likeness (QED) is 0.261. The van der Waals surface area contributed by atoms with Gasteiger partial charge in [0.05, 0.1) is 5.84 Å². The molecule has 1 atom stereocenters. The number of hydrogen-bond acceptors (Lipinski definition) is 6. The molecule has 0 rings (SSSR count). The molecular formula is C17H33N3O4S. The van der Waals surface area contributed by atoms with Gasteiger partial charge in [0, 0.05) is 12.3 Å². The van der Waals surface area contributed by atoms with Gasteiger partial charge >= 0.3 is 12.1 Å². The van der Waals surface area contributed by atoms with E-state index in [-0.39, 0.29) is 0 Å². The summed E-state index contributed by atoms with van der Waals surface area (Å²) >= 11 is 1.64. The number of nitrogens with one attached hydrogen (secondary N) is 3. The third-order valence-corrected chi connectivity index (χ3v) is 3.59. The molecule has 0 aromatic heterocycles. The lowest BCUT2D eigenvalue weighted by Gasteiger charge is -2.26. The van der Waals surface area contributed by atoms with E-state index >= 15 is 0 Å². The van der Waals surface area contributed by atoms with Gasteiger partial charge in [0.1, 0.15) is 17.2 Å². The van der Waals surface area contributed by atoms with Crippen LogP contribution in [0.4, 0.5) is 4.79 Å². The summed E-state index contributed by atoms with van der Waals surface area (Å²) in [6.45, 7) is 13.0. The van der Waals surface area contributed by atoms with E-state index < -0.39 is 29.3 Å². The number of ether oxygens (including phenoxy) is 2. The minimum absolute atomic E-state index is 0.429. The minimum Gasteiger partial charge on any atom is -0.458 e. The Hall–Kier alpha value is -1.44. The molecule has 25 heavy (non-hydrogen) atoms. The number of amides is 1. The third kappa shape index (κ3) is 14.6. The van der Waals surface area contributed by atoms with Gasteiger partial charge in [-0.1, -0.05) is 0 Å². The van der Waals surface area contributed by atoms with E-state index in [2.05, 4.69) is 10.6 Å². The van der Waals surface area contributed by atoms with Crippen LogP contribution in [0, 0.1) is 5.41 Å². The molecule has 0 saturated carbocycles. The van der Waals surface area contributed by atoms with Gasteiger partial charge in [-0.15, -0.1) is 0 Å². The molecule has 0 bridgehead atoms. The van der Waals surface area contributed by atoms with Crippen LogP contribution in [0.2, 0.25) is 0 Å². The summed E-state index contributed by atoms with van der Waals surface area (Å²) in [5.41, 5.74) is -1.25. The average molecular weight is 376 g/mol. The summed E-state index contributed by atoms with van der Waals surface area (Å²) in [6.07, 6.45) is -0.183. The van der Waals surface area contributed by atoms with E-state index in [1.165, 1.54) is 0 Å². The number of esters is 1. The van der Waals surface area contributed by atoms with Crippen LogP contribution in [0.5, 0.6) is 0 Å². The van der Waals surface area contributed by atoms with Gasteiger partial charge in [-0.25, -0.2) is 9.59 Å². The lowest BCUT2D eigenvalue weighted by atomic mass is 10.1. The maximum Gasteiger partial charge on any atom is 0.408 e.